The minimum absolute atomic E-state index is 0.168. The van der Waals surface area contributed by atoms with Crippen molar-refractivity contribution in [3.63, 3.8) is 0 Å². The molecule has 2 amide bonds. The molecular formula is C18H23F3N2O3. The molecule has 0 saturated carbocycles. The second-order valence-electron chi connectivity index (χ2n) is 7.31. The summed E-state index contributed by atoms with van der Waals surface area (Å²) in [6, 6.07) is 8.16. The first-order chi connectivity index (χ1) is 12.0. The van der Waals surface area contributed by atoms with Crippen LogP contribution in [-0.4, -0.2) is 47.8 Å². The van der Waals surface area contributed by atoms with Crippen LogP contribution in [-0.2, 0) is 9.53 Å². The van der Waals surface area contributed by atoms with Gasteiger partial charge in [0.25, 0.3) is 0 Å². The first-order valence-electron chi connectivity index (χ1n) is 8.38. The van der Waals surface area contributed by atoms with E-state index < -0.39 is 35.7 Å². The summed E-state index contributed by atoms with van der Waals surface area (Å²) in [5.41, 5.74) is 0.0916. The van der Waals surface area contributed by atoms with Gasteiger partial charge in [0, 0.05) is 25.0 Å². The Hall–Kier alpha value is -2.25. The van der Waals surface area contributed by atoms with Gasteiger partial charge in [0.05, 0.1) is 0 Å². The lowest BCUT2D eigenvalue weighted by molar-refractivity contribution is -0.174. The summed E-state index contributed by atoms with van der Waals surface area (Å²) in [7, 11) is 0. The summed E-state index contributed by atoms with van der Waals surface area (Å²) in [6.45, 7) is 5.62. The number of ether oxygens (including phenoxy) is 1. The fraction of sp³-hybridized carbons (Fsp3) is 0.556. The van der Waals surface area contributed by atoms with E-state index in [0.29, 0.717) is 0 Å². The molecule has 1 aliphatic rings. The maximum atomic E-state index is 12.6. The Morgan fingerprint density at radius 1 is 1.15 bits per heavy atom. The predicted octanol–water partition coefficient (Wildman–Crippen LogP) is 3.46. The van der Waals surface area contributed by atoms with Gasteiger partial charge in [-0.3, -0.25) is 4.79 Å². The van der Waals surface area contributed by atoms with Crippen molar-refractivity contribution in [2.45, 2.75) is 50.9 Å². The zero-order chi connectivity index (χ0) is 19.5. The van der Waals surface area contributed by atoms with E-state index in [1.807, 2.05) is 0 Å². The van der Waals surface area contributed by atoms with Gasteiger partial charge in [-0.2, -0.15) is 13.2 Å². The van der Waals surface area contributed by atoms with Crippen LogP contribution in [0.4, 0.5) is 18.0 Å². The summed E-state index contributed by atoms with van der Waals surface area (Å²) >= 11 is 0. The van der Waals surface area contributed by atoms with Crippen LogP contribution in [0.1, 0.15) is 38.7 Å². The van der Waals surface area contributed by atoms with E-state index in [1.54, 1.807) is 51.1 Å². The number of carbonyl (C=O) groups excluding carboxylic acids is 2. The lowest BCUT2D eigenvalue weighted by Gasteiger charge is -2.39. The number of carbonyl (C=O) groups is 2. The first kappa shape index (κ1) is 20.1. The van der Waals surface area contributed by atoms with Gasteiger partial charge in [0.1, 0.15) is 5.60 Å². The Morgan fingerprint density at radius 2 is 1.77 bits per heavy atom. The summed E-state index contributed by atoms with van der Waals surface area (Å²) < 4.78 is 43.2. The van der Waals surface area contributed by atoms with Crippen LogP contribution < -0.4 is 5.32 Å². The molecule has 0 aromatic heterocycles. The summed E-state index contributed by atoms with van der Waals surface area (Å²) in [5, 5.41) is 2.07. The van der Waals surface area contributed by atoms with Gasteiger partial charge in [-0.25, -0.2) is 4.79 Å². The fourth-order valence-corrected chi connectivity index (χ4v) is 2.91. The zero-order valence-corrected chi connectivity index (χ0v) is 15.0. The minimum Gasteiger partial charge on any atom is -0.444 e. The molecule has 5 nitrogen and oxygen atoms in total. The van der Waals surface area contributed by atoms with Gasteiger partial charge < -0.3 is 15.0 Å². The van der Waals surface area contributed by atoms with E-state index in [0.717, 1.165) is 5.56 Å². The van der Waals surface area contributed by atoms with Crippen molar-refractivity contribution in [1.82, 2.24) is 10.2 Å². The van der Waals surface area contributed by atoms with Gasteiger partial charge in [0.2, 0.25) is 0 Å². The SMILES string of the molecule is CC(C)(C)OC(=O)N1CCC(NC(=O)C(F)(F)F)C(c2ccccc2)C1. The van der Waals surface area contributed by atoms with Crippen molar-refractivity contribution >= 4 is 12.0 Å². The molecule has 1 fully saturated rings. The molecule has 2 atom stereocenters. The van der Waals surface area contributed by atoms with E-state index in [2.05, 4.69) is 5.32 Å². The molecule has 2 unspecified atom stereocenters. The topological polar surface area (TPSA) is 58.6 Å². The highest BCUT2D eigenvalue weighted by molar-refractivity contribution is 5.82. The summed E-state index contributed by atoms with van der Waals surface area (Å²) in [6.07, 6.45) is -5.25. The number of halogens is 3. The van der Waals surface area contributed by atoms with Crippen molar-refractivity contribution in [1.29, 1.82) is 0 Å². The summed E-state index contributed by atoms with van der Waals surface area (Å²) in [4.78, 5) is 25.2. The average molecular weight is 372 g/mol. The number of benzene rings is 1. The quantitative estimate of drug-likeness (QED) is 0.865. The molecule has 0 bridgehead atoms. The Morgan fingerprint density at radius 3 is 2.31 bits per heavy atom. The van der Waals surface area contributed by atoms with E-state index in [1.165, 1.54) is 4.90 Å². The monoisotopic (exact) mass is 372 g/mol. The molecule has 1 aromatic carbocycles. The van der Waals surface area contributed by atoms with Crippen molar-refractivity contribution in [2.24, 2.45) is 0 Å². The molecule has 2 rings (SSSR count). The second-order valence-corrected chi connectivity index (χ2v) is 7.31. The van der Waals surface area contributed by atoms with E-state index in [9.17, 15) is 22.8 Å². The van der Waals surface area contributed by atoms with E-state index >= 15 is 0 Å². The number of rotatable bonds is 2. The first-order valence-corrected chi connectivity index (χ1v) is 8.38. The van der Waals surface area contributed by atoms with Crippen LogP contribution in [0.25, 0.3) is 0 Å². The minimum atomic E-state index is -4.94. The molecule has 8 heteroatoms. The molecule has 1 N–H and O–H groups in total. The zero-order valence-electron chi connectivity index (χ0n) is 15.0. The van der Waals surface area contributed by atoms with Crippen LogP contribution >= 0.6 is 0 Å². The number of likely N-dealkylation sites (tertiary alicyclic amines) is 1. The van der Waals surface area contributed by atoms with Crippen molar-refractivity contribution in [2.75, 3.05) is 13.1 Å². The van der Waals surface area contributed by atoms with Crippen LogP contribution in [0, 0.1) is 0 Å². The van der Waals surface area contributed by atoms with Crippen molar-refractivity contribution in [3.8, 4) is 0 Å². The Bertz CT molecular complexity index is 641. The molecule has 144 valence electrons. The molecular weight excluding hydrogens is 349 g/mol. The number of nitrogens with zero attached hydrogens (tertiary/aromatic N) is 1. The number of hydrogen-bond donors (Lipinski definition) is 1. The third kappa shape index (κ3) is 5.37. The number of hydrogen-bond acceptors (Lipinski definition) is 3. The molecule has 1 heterocycles. The van der Waals surface area contributed by atoms with Crippen molar-refractivity contribution in [3.05, 3.63) is 35.9 Å². The number of amides is 2. The molecule has 0 aliphatic carbocycles. The van der Waals surface area contributed by atoms with Crippen molar-refractivity contribution < 1.29 is 27.5 Å². The van der Waals surface area contributed by atoms with Gasteiger partial charge in [0.15, 0.2) is 0 Å². The highest BCUT2D eigenvalue weighted by Crippen LogP contribution is 2.29. The predicted molar refractivity (Wildman–Crippen MR) is 89.6 cm³/mol. The lowest BCUT2D eigenvalue weighted by atomic mass is 9.86. The van der Waals surface area contributed by atoms with E-state index in [-0.39, 0.29) is 19.5 Å². The Kier molecular flexibility index (Phi) is 5.83. The maximum Gasteiger partial charge on any atom is 0.471 e. The lowest BCUT2D eigenvalue weighted by Crippen LogP contribution is -2.54. The smallest absolute Gasteiger partial charge is 0.444 e. The Balaban J connectivity index is 2.18. The average Bonchev–Trinajstić information content (AvgIpc) is 2.53. The summed E-state index contributed by atoms with van der Waals surface area (Å²) in [5.74, 6) is -2.42. The molecule has 1 aliphatic heterocycles. The van der Waals surface area contributed by atoms with E-state index in [4.69, 9.17) is 4.74 Å². The molecule has 1 aromatic rings. The van der Waals surface area contributed by atoms with Crippen LogP contribution in [0.15, 0.2) is 30.3 Å². The van der Waals surface area contributed by atoms with Crippen LogP contribution in [0.3, 0.4) is 0 Å². The van der Waals surface area contributed by atoms with Crippen LogP contribution in [0.2, 0.25) is 0 Å². The molecule has 0 spiro atoms. The Labute approximate surface area is 150 Å². The molecule has 26 heavy (non-hydrogen) atoms. The van der Waals surface area contributed by atoms with Gasteiger partial charge in [-0.1, -0.05) is 30.3 Å². The van der Waals surface area contributed by atoms with Gasteiger partial charge in [-0.05, 0) is 32.8 Å². The van der Waals surface area contributed by atoms with Crippen LogP contribution in [0.5, 0.6) is 0 Å². The largest absolute Gasteiger partial charge is 0.471 e. The van der Waals surface area contributed by atoms with Gasteiger partial charge >= 0.3 is 18.2 Å². The van der Waals surface area contributed by atoms with Gasteiger partial charge in [-0.15, -0.1) is 0 Å². The molecule has 1 saturated heterocycles. The maximum absolute atomic E-state index is 12.6. The molecule has 0 radical (unpaired) electrons. The number of alkyl halides is 3. The highest BCUT2D eigenvalue weighted by Gasteiger charge is 2.42. The highest BCUT2D eigenvalue weighted by atomic mass is 19.4. The second kappa shape index (κ2) is 7.55. The normalized spacial score (nSPS) is 21.2. The number of nitrogens with one attached hydrogen (secondary N) is 1. The standard InChI is InChI=1S/C18H23F3N2O3/c1-17(2,3)26-16(25)23-10-9-14(22-15(24)18(19,20)21)13(11-23)12-7-5-4-6-8-12/h4-8,13-14H,9-11H2,1-3H3,(H,22,24). The third-order valence-corrected chi connectivity index (χ3v) is 4.07. The number of piperidine rings is 1. The fourth-order valence-electron chi connectivity index (χ4n) is 2.91. The third-order valence-electron chi connectivity index (χ3n) is 4.07.